The van der Waals surface area contributed by atoms with Crippen molar-refractivity contribution in [1.29, 1.82) is 0 Å². The van der Waals surface area contributed by atoms with Crippen LogP contribution in [0, 0.1) is 0 Å². The predicted molar refractivity (Wildman–Crippen MR) is 85.5 cm³/mol. The van der Waals surface area contributed by atoms with E-state index in [0.29, 0.717) is 20.9 Å². The number of aliphatic imine (C=N–C) groups is 1. The molecule has 0 heterocycles. The first-order valence-electron chi connectivity index (χ1n) is 5.61. The molecule has 0 saturated heterocycles. The Labute approximate surface area is 138 Å². The fourth-order valence-electron chi connectivity index (χ4n) is 1.45. The molecular formula is C14H12Cl3N2S-. The maximum absolute atomic E-state index is 6.03. The SMILES string of the molecule is NC(=Nc1cc(Cl)ccc1Cl)SCc1ccccc1.[Cl-]. The van der Waals surface area contributed by atoms with E-state index in [1.165, 1.54) is 17.3 Å². The van der Waals surface area contributed by atoms with Crippen LogP contribution in [0.15, 0.2) is 53.5 Å². The van der Waals surface area contributed by atoms with Crippen molar-refractivity contribution >= 4 is 45.8 Å². The molecule has 2 rings (SSSR count). The minimum Gasteiger partial charge on any atom is -1.00 e. The van der Waals surface area contributed by atoms with Gasteiger partial charge < -0.3 is 18.1 Å². The van der Waals surface area contributed by atoms with Gasteiger partial charge in [-0.2, -0.15) is 0 Å². The third-order valence-electron chi connectivity index (χ3n) is 2.37. The highest BCUT2D eigenvalue weighted by molar-refractivity contribution is 8.13. The second kappa shape index (κ2) is 8.42. The van der Waals surface area contributed by atoms with Crippen LogP contribution in [0.5, 0.6) is 0 Å². The number of halogens is 3. The average Bonchev–Trinajstić information content (AvgIpc) is 2.42. The molecule has 0 atom stereocenters. The van der Waals surface area contributed by atoms with Gasteiger partial charge in [-0.05, 0) is 23.8 Å². The van der Waals surface area contributed by atoms with E-state index in [4.69, 9.17) is 28.9 Å². The van der Waals surface area contributed by atoms with Crippen LogP contribution in [0.25, 0.3) is 0 Å². The molecule has 20 heavy (non-hydrogen) atoms. The van der Waals surface area contributed by atoms with Crippen molar-refractivity contribution in [3.63, 3.8) is 0 Å². The molecule has 106 valence electrons. The molecule has 0 fully saturated rings. The van der Waals surface area contributed by atoms with Gasteiger partial charge in [0.25, 0.3) is 0 Å². The van der Waals surface area contributed by atoms with E-state index in [9.17, 15) is 0 Å². The predicted octanol–water partition coefficient (Wildman–Crippen LogP) is 1.88. The van der Waals surface area contributed by atoms with Crippen molar-refractivity contribution in [3.05, 3.63) is 64.1 Å². The van der Waals surface area contributed by atoms with Crippen LogP contribution in [0.1, 0.15) is 5.56 Å². The van der Waals surface area contributed by atoms with E-state index in [1.54, 1.807) is 18.2 Å². The summed E-state index contributed by atoms with van der Waals surface area (Å²) < 4.78 is 0. The fourth-order valence-corrected chi connectivity index (χ4v) is 2.45. The maximum Gasteiger partial charge on any atom is 0.159 e. The molecule has 2 aromatic rings. The van der Waals surface area contributed by atoms with E-state index in [1.807, 2.05) is 30.3 Å². The van der Waals surface area contributed by atoms with Crippen molar-refractivity contribution in [2.45, 2.75) is 5.75 Å². The second-order valence-electron chi connectivity index (χ2n) is 3.82. The quantitative estimate of drug-likeness (QED) is 0.681. The summed E-state index contributed by atoms with van der Waals surface area (Å²) in [5, 5.41) is 1.59. The molecule has 2 nitrogen and oxygen atoms in total. The van der Waals surface area contributed by atoms with E-state index >= 15 is 0 Å². The molecule has 0 aliphatic heterocycles. The van der Waals surface area contributed by atoms with Crippen LogP contribution in [-0.2, 0) is 5.75 Å². The number of nitrogens with zero attached hydrogens (tertiary/aromatic N) is 1. The van der Waals surface area contributed by atoms with Gasteiger partial charge in [-0.1, -0.05) is 65.3 Å². The van der Waals surface area contributed by atoms with Crippen LogP contribution in [-0.4, -0.2) is 5.17 Å². The lowest BCUT2D eigenvalue weighted by Gasteiger charge is -2.03. The molecule has 0 aliphatic carbocycles. The Bertz CT molecular complexity index is 588. The van der Waals surface area contributed by atoms with Crippen LogP contribution in [0.3, 0.4) is 0 Å². The highest BCUT2D eigenvalue weighted by Crippen LogP contribution is 2.29. The Kier molecular flexibility index (Phi) is 7.24. The number of rotatable bonds is 3. The van der Waals surface area contributed by atoms with E-state index in [2.05, 4.69) is 4.99 Å². The molecule has 0 aromatic heterocycles. The normalized spacial score (nSPS) is 11.0. The highest BCUT2D eigenvalue weighted by Gasteiger charge is 2.02. The third-order valence-corrected chi connectivity index (χ3v) is 3.79. The van der Waals surface area contributed by atoms with Crippen molar-refractivity contribution in [3.8, 4) is 0 Å². The van der Waals surface area contributed by atoms with Gasteiger partial charge in [0.2, 0.25) is 0 Å². The van der Waals surface area contributed by atoms with Crippen LogP contribution < -0.4 is 18.1 Å². The molecule has 0 unspecified atom stereocenters. The van der Waals surface area contributed by atoms with Gasteiger partial charge in [0, 0.05) is 10.8 Å². The Hall–Kier alpha value is -0.870. The lowest BCUT2D eigenvalue weighted by molar-refractivity contribution is -0.00000372. The summed E-state index contributed by atoms with van der Waals surface area (Å²) in [6, 6.07) is 15.2. The van der Waals surface area contributed by atoms with Gasteiger partial charge in [0.15, 0.2) is 5.17 Å². The molecule has 2 N–H and O–H groups in total. The van der Waals surface area contributed by atoms with Crippen LogP contribution >= 0.6 is 35.0 Å². The van der Waals surface area contributed by atoms with E-state index in [-0.39, 0.29) is 12.4 Å². The lowest BCUT2D eigenvalue weighted by atomic mass is 10.2. The summed E-state index contributed by atoms with van der Waals surface area (Å²) in [7, 11) is 0. The maximum atomic E-state index is 6.03. The van der Waals surface area contributed by atoms with Crippen LogP contribution in [0.2, 0.25) is 10.0 Å². The summed E-state index contributed by atoms with van der Waals surface area (Å²) in [6.45, 7) is 0. The number of nitrogens with two attached hydrogens (primary N) is 1. The largest absolute Gasteiger partial charge is 1.00 e. The standard InChI is InChI=1S/C14H12Cl2N2S.ClH/c15-11-6-7-12(16)13(8-11)18-14(17)19-9-10-4-2-1-3-5-10;/h1-8H,9H2,(H2,17,18);1H/p-1. The Morgan fingerprint density at radius 3 is 2.50 bits per heavy atom. The molecule has 0 saturated carbocycles. The van der Waals surface area contributed by atoms with Crippen molar-refractivity contribution in [2.75, 3.05) is 0 Å². The first-order chi connectivity index (χ1) is 9.15. The molecular weight excluding hydrogens is 335 g/mol. The minimum atomic E-state index is 0. The van der Waals surface area contributed by atoms with Gasteiger partial charge in [-0.25, -0.2) is 4.99 Å². The Morgan fingerprint density at radius 2 is 1.80 bits per heavy atom. The lowest BCUT2D eigenvalue weighted by Crippen LogP contribution is -3.00. The zero-order chi connectivity index (χ0) is 13.7. The molecule has 0 bridgehead atoms. The average molecular weight is 347 g/mol. The summed E-state index contributed by atoms with van der Waals surface area (Å²) in [5.41, 5.74) is 7.67. The van der Waals surface area contributed by atoms with Gasteiger partial charge in [0.05, 0.1) is 10.7 Å². The second-order valence-corrected chi connectivity index (χ2v) is 5.66. The van der Waals surface area contributed by atoms with Crippen LogP contribution in [0.4, 0.5) is 5.69 Å². The number of amidine groups is 1. The summed E-state index contributed by atoms with van der Waals surface area (Å²) in [4.78, 5) is 4.28. The first-order valence-corrected chi connectivity index (χ1v) is 7.35. The number of thioether (sulfide) groups is 1. The zero-order valence-corrected chi connectivity index (χ0v) is 13.5. The number of hydrogen-bond acceptors (Lipinski definition) is 2. The topological polar surface area (TPSA) is 38.4 Å². The Morgan fingerprint density at radius 1 is 1.10 bits per heavy atom. The third kappa shape index (κ3) is 5.25. The smallest absolute Gasteiger partial charge is 0.159 e. The number of hydrogen-bond donors (Lipinski definition) is 1. The van der Waals surface area contributed by atoms with E-state index in [0.717, 1.165) is 5.75 Å². The van der Waals surface area contributed by atoms with Crippen molar-refractivity contribution in [1.82, 2.24) is 0 Å². The fraction of sp³-hybridized carbons (Fsp3) is 0.0714. The van der Waals surface area contributed by atoms with Gasteiger partial charge >= 0.3 is 0 Å². The minimum absolute atomic E-state index is 0. The molecule has 0 aliphatic rings. The van der Waals surface area contributed by atoms with Gasteiger partial charge in [-0.3, -0.25) is 0 Å². The first kappa shape index (κ1) is 17.2. The summed E-state index contributed by atoms with van der Waals surface area (Å²) in [6.07, 6.45) is 0. The number of benzene rings is 2. The van der Waals surface area contributed by atoms with Crippen molar-refractivity contribution < 1.29 is 12.4 Å². The molecule has 0 amide bonds. The molecule has 0 spiro atoms. The van der Waals surface area contributed by atoms with Gasteiger partial charge in [-0.15, -0.1) is 0 Å². The molecule has 2 aromatic carbocycles. The van der Waals surface area contributed by atoms with Crippen molar-refractivity contribution in [2.24, 2.45) is 10.7 Å². The summed E-state index contributed by atoms with van der Waals surface area (Å²) >= 11 is 13.4. The molecule has 6 heteroatoms. The highest BCUT2D eigenvalue weighted by atomic mass is 35.5. The Balaban J connectivity index is 0.00000200. The summed E-state index contributed by atoms with van der Waals surface area (Å²) in [5.74, 6) is 0.772. The zero-order valence-electron chi connectivity index (χ0n) is 10.4. The molecule has 0 radical (unpaired) electrons. The van der Waals surface area contributed by atoms with Gasteiger partial charge in [0.1, 0.15) is 0 Å². The monoisotopic (exact) mass is 345 g/mol. The van der Waals surface area contributed by atoms with E-state index < -0.39 is 0 Å².